The van der Waals surface area contributed by atoms with Gasteiger partial charge in [-0.25, -0.2) is 4.98 Å². The Hall–Kier alpha value is -2.38. The molecular weight excluding hydrogens is 350 g/mol. The second-order valence-corrected chi connectivity index (χ2v) is 8.28. The Morgan fingerprint density at radius 2 is 2.00 bits per heavy atom. The normalized spacial score (nSPS) is 16.8. The summed E-state index contributed by atoms with van der Waals surface area (Å²) in [5, 5.41) is 0.949. The summed E-state index contributed by atoms with van der Waals surface area (Å²) in [6.07, 6.45) is 5.66. The van der Waals surface area contributed by atoms with E-state index in [4.69, 9.17) is 4.18 Å². The lowest BCUT2D eigenvalue weighted by atomic mass is 9.89. The van der Waals surface area contributed by atoms with E-state index in [2.05, 4.69) is 21.9 Å². The van der Waals surface area contributed by atoms with Crippen LogP contribution in [-0.4, -0.2) is 43.4 Å². The van der Waals surface area contributed by atoms with Gasteiger partial charge in [0.25, 0.3) is 0 Å². The maximum absolute atomic E-state index is 12.6. The quantitative estimate of drug-likeness (QED) is 0.713. The molecule has 3 aromatic rings. The molecule has 0 amide bonds. The van der Waals surface area contributed by atoms with Crippen molar-refractivity contribution in [2.45, 2.75) is 23.7 Å². The molecule has 0 bridgehead atoms. The summed E-state index contributed by atoms with van der Waals surface area (Å²) < 4.78 is 30.4. The van der Waals surface area contributed by atoms with Crippen LogP contribution in [0.3, 0.4) is 0 Å². The lowest BCUT2D eigenvalue weighted by Crippen LogP contribution is -2.29. The van der Waals surface area contributed by atoms with Crippen molar-refractivity contribution in [3.63, 3.8) is 0 Å². The molecule has 0 saturated carbocycles. The second kappa shape index (κ2) is 6.74. The van der Waals surface area contributed by atoms with E-state index in [-0.39, 0.29) is 10.8 Å². The Bertz CT molecular complexity index is 1010. The van der Waals surface area contributed by atoms with Gasteiger partial charge in [0, 0.05) is 29.4 Å². The molecule has 1 aliphatic heterocycles. The zero-order valence-corrected chi connectivity index (χ0v) is 15.4. The highest BCUT2D eigenvalue weighted by molar-refractivity contribution is 7.87. The van der Waals surface area contributed by atoms with Crippen molar-refractivity contribution < 1.29 is 12.6 Å². The van der Waals surface area contributed by atoms with E-state index in [0.717, 1.165) is 36.8 Å². The van der Waals surface area contributed by atoms with Crippen molar-refractivity contribution in [2.24, 2.45) is 0 Å². The molecule has 7 heteroatoms. The molecule has 1 aliphatic rings. The number of fused-ring (bicyclic) bond motifs is 1. The van der Waals surface area contributed by atoms with Crippen LogP contribution >= 0.6 is 0 Å². The van der Waals surface area contributed by atoms with E-state index in [1.165, 1.54) is 17.8 Å². The Morgan fingerprint density at radius 1 is 1.19 bits per heavy atom. The highest BCUT2D eigenvalue weighted by Gasteiger charge is 2.23. The first-order valence-electron chi connectivity index (χ1n) is 8.68. The largest absolute Gasteiger partial charge is 0.361 e. The van der Waals surface area contributed by atoms with E-state index in [9.17, 15) is 8.42 Å². The SMILES string of the molecule is CN1CCC(c2c[nH]c3ccc(S(=O)(=O)Oc4ccccn4)cc23)CC1. The van der Waals surface area contributed by atoms with E-state index in [1.54, 1.807) is 30.3 Å². The van der Waals surface area contributed by atoms with Gasteiger partial charge in [-0.2, -0.15) is 8.42 Å². The zero-order chi connectivity index (χ0) is 18.1. The number of nitrogens with one attached hydrogen (secondary N) is 1. The lowest BCUT2D eigenvalue weighted by Gasteiger charge is -2.28. The number of aromatic nitrogens is 2. The third-order valence-corrected chi connectivity index (χ3v) is 6.19. The second-order valence-electron chi connectivity index (χ2n) is 6.73. The van der Waals surface area contributed by atoms with Gasteiger partial charge in [-0.05, 0) is 68.7 Å². The first kappa shape index (κ1) is 17.1. The van der Waals surface area contributed by atoms with Crippen LogP contribution in [0.25, 0.3) is 10.9 Å². The fourth-order valence-electron chi connectivity index (χ4n) is 3.49. The van der Waals surface area contributed by atoms with Crippen molar-refractivity contribution >= 4 is 21.0 Å². The minimum atomic E-state index is -3.92. The summed E-state index contributed by atoms with van der Waals surface area (Å²) in [5.41, 5.74) is 2.12. The molecule has 1 N–H and O–H groups in total. The molecule has 1 saturated heterocycles. The van der Waals surface area contributed by atoms with Crippen LogP contribution in [0.4, 0.5) is 0 Å². The van der Waals surface area contributed by atoms with Gasteiger partial charge in [-0.15, -0.1) is 0 Å². The third kappa shape index (κ3) is 3.32. The first-order valence-corrected chi connectivity index (χ1v) is 10.1. The van der Waals surface area contributed by atoms with E-state index >= 15 is 0 Å². The number of hydrogen-bond acceptors (Lipinski definition) is 5. The van der Waals surface area contributed by atoms with Gasteiger partial charge < -0.3 is 14.1 Å². The molecule has 0 aliphatic carbocycles. The summed E-state index contributed by atoms with van der Waals surface area (Å²) in [6.45, 7) is 2.11. The number of benzene rings is 1. The van der Waals surface area contributed by atoms with Crippen molar-refractivity contribution in [2.75, 3.05) is 20.1 Å². The Labute approximate surface area is 152 Å². The topological polar surface area (TPSA) is 75.3 Å². The summed E-state index contributed by atoms with van der Waals surface area (Å²) in [6, 6.07) is 9.98. The highest BCUT2D eigenvalue weighted by Crippen LogP contribution is 2.34. The Kier molecular flexibility index (Phi) is 4.42. The van der Waals surface area contributed by atoms with Crippen molar-refractivity contribution in [1.29, 1.82) is 0 Å². The van der Waals surface area contributed by atoms with Gasteiger partial charge in [0.05, 0.1) is 0 Å². The predicted octanol–water partition coefficient (Wildman–Crippen LogP) is 3.14. The molecule has 0 atom stereocenters. The summed E-state index contributed by atoms with van der Waals surface area (Å²) >= 11 is 0. The van der Waals surface area contributed by atoms with Crippen LogP contribution < -0.4 is 4.18 Å². The average Bonchev–Trinajstić information content (AvgIpc) is 3.06. The molecule has 0 spiro atoms. The number of hydrogen-bond donors (Lipinski definition) is 1. The molecule has 3 heterocycles. The van der Waals surface area contributed by atoms with Gasteiger partial charge in [-0.3, -0.25) is 0 Å². The summed E-state index contributed by atoms with van der Waals surface area (Å²) in [7, 11) is -1.79. The van der Waals surface area contributed by atoms with Crippen molar-refractivity contribution in [3.8, 4) is 5.88 Å². The van der Waals surface area contributed by atoms with E-state index in [0.29, 0.717) is 5.92 Å². The molecule has 136 valence electrons. The molecule has 26 heavy (non-hydrogen) atoms. The number of likely N-dealkylation sites (tertiary alicyclic amines) is 1. The maximum Gasteiger partial charge on any atom is 0.340 e. The standard InChI is InChI=1S/C19H21N3O3S/c1-22-10-7-14(8-11-22)17-13-21-18-6-5-15(12-16(17)18)26(23,24)25-19-4-2-3-9-20-19/h2-6,9,12-14,21H,7-8,10-11H2,1H3. The number of H-pyrrole nitrogens is 1. The number of piperidine rings is 1. The molecule has 6 nitrogen and oxygen atoms in total. The average molecular weight is 371 g/mol. The molecule has 2 aromatic heterocycles. The van der Waals surface area contributed by atoms with Crippen LogP contribution in [0.15, 0.2) is 53.7 Å². The zero-order valence-electron chi connectivity index (χ0n) is 14.6. The molecule has 0 radical (unpaired) electrons. The first-order chi connectivity index (χ1) is 12.5. The van der Waals surface area contributed by atoms with Crippen LogP contribution in [0.2, 0.25) is 0 Å². The minimum Gasteiger partial charge on any atom is -0.361 e. The van der Waals surface area contributed by atoms with Crippen LogP contribution in [0, 0.1) is 0 Å². The number of rotatable bonds is 4. The third-order valence-electron chi connectivity index (χ3n) is 4.97. The number of nitrogens with zero attached hydrogens (tertiary/aromatic N) is 2. The van der Waals surface area contributed by atoms with E-state index in [1.807, 2.05) is 6.20 Å². The Morgan fingerprint density at radius 3 is 2.73 bits per heavy atom. The summed E-state index contributed by atoms with van der Waals surface area (Å²) in [4.78, 5) is 9.66. The lowest BCUT2D eigenvalue weighted by molar-refractivity contribution is 0.256. The Balaban J connectivity index is 1.67. The van der Waals surface area contributed by atoms with Gasteiger partial charge in [-0.1, -0.05) is 6.07 Å². The van der Waals surface area contributed by atoms with Crippen molar-refractivity contribution in [3.05, 3.63) is 54.4 Å². The fourth-order valence-corrected chi connectivity index (χ4v) is 4.41. The molecule has 0 unspecified atom stereocenters. The molecular formula is C19H21N3O3S. The van der Waals surface area contributed by atoms with Crippen LogP contribution in [0.1, 0.15) is 24.3 Å². The van der Waals surface area contributed by atoms with Crippen LogP contribution in [0.5, 0.6) is 5.88 Å². The van der Waals surface area contributed by atoms with Crippen molar-refractivity contribution in [1.82, 2.24) is 14.9 Å². The monoisotopic (exact) mass is 371 g/mol. The minimum absolute atomic E-state index is 0.0669. The van der Waals surface area contributed by atoms with Gasteiger partial charge in [0.15, 0.2) is 0 Å². The van der Waals surface area contributed by atoms with Gasteiger partial charge in [0.1, 0.15) is 4.90 Å². The smallest absolute Gasteiger partial charge is 0.340 e. The van der Waals surface area contributed by atoms with Gasteiger partial charge in [0.2, 0.25) is 5.88 Å². The maximum atomic E-state index is 12.6. The molecule has 1 aromatic carbocycles. The molecule has 4 rings (SSSR count). The number of pyridine rings is 1. The van der Waals surface area contributed by atoms with E-state index < -0.39 is 10.1 Å². The highest BCUT2D eigenvalue weighted by atomic mass is 32.2. The fraction of sp³-hybridized carbons (Fsp3) is 0.316. The predicted molar refractivity (Wildman–Crippen MR) is 99.8 cm³/mol. The molecule has 1 fully saturated rings. The van der Waals surface area contributed by atoms with Crippen LogP contribution in [-0.2, 0) is 10.1 Å². The number of aromatic amines is 1. The van der Waals surface area contributed by atoms with Gasteiger partial charge >= 0.3 is 10.1 Å². The summed E-state index contributed by atoms with van der Waals surface area (Å²) in [5.74, 6) is 0.506.